The van der Waals surface area contributed by atoms with Crippen LogP contribution in [0.3, 0.4) is 0 Å². The van der Waals surface area contributed by atoms with E-state index in [0.29, 0.717) is 12.3 Å². The van der Waals surface area contributed by atoms with Gasteiger partial charge in [0.2, 0.25) is 0 Å². The van der Waals surface area contributed by atoms with Crippen LogP contribution in [0.1, 0.15) is 32.8 Å². The summed E-state index contributed by atoms with van der Waals surface area (Å²) in [4.78, 5) is 25.9. The van der Waals surface area contributed by atoms with E-state index in [1.807, 2.05) is 34.1 Å². The zero-order valence-electron chi connectivity index (χ0n) is 29.6. The van der Waals surface area contributed by atoms with E-state index in [2.05, 4.69) is 64.9 Å². The molecule has 4 heterocycles. The van der Waals surface area contributed by atoms with Crippen molar-refractivity contribution in [1.82, 2.24) is 19.7 Å². The molecular weight excluding hydrogens is 689 g/mol. The number of nitrogens with zero attached hydrogens (tertiary/aromatic N) is 7. The molecule has 52 heavy (non-hydrogen) atoms. The maximum absolute atomic E-state index is 14.9. The van der Waals surface area contributed by atoms with Crippen molar-refractivity contribution < 1.29 is 27.8 Å². The molecule has 2 unspecified atom stereocenters. The topological polar surface area (TPSA) is 88.4 Å². The van der Waals surface area contributed by atoms with Gasteiger partial charge in [0.15, 0.2) is 6.29 Å². The molecule has 4 aromatic rings. The number of carbonyl (C=O) groups excluding carboxylic acids is 1. The molecular formula is C38H45F2N7O4S. The number of carbonyl (C=O) groups is 1. The Morgan fingerprint density at radius 3 is 2.21 bits per heavy atom. The number of halogens is 2. The van der Waals surface area contributed by atoms with E-state index in [9.17, 15) is 13.6 Å². The largest absolute Gasteiger partial charge is 0.488 e. The van der Waals surface area contributed by atoms with Crippen LogP contribution in [-0.4, -0.2) is 95.3 Å². The minimum Gasteiger partial charge on any atom is -0.488 e. The number of urea groups is 1. The van der Waals surface area contributed by atoms with E-state index in [4.69, 9.17) is 26.8 Å². The zero-order chi connectivity index (χ0) is 36.4. The van der Waals surface area contributed by atoms with Crippen LogP contribution in [0.25, 0.3) is 0 Å². The first-order chi connectivity index (χ1) is 25.1. The third-order valence-electron chi connectivity index (χ3n) is 10.2. The van der Waals surface area contributed by atoms with Crippen LogP contribution in [0.5, 0.6) is 5.75 Å². The third kappa shape index (κ3) is 7.42. The van der Waals surface area contributed by atoms with E-state index in [-0.39, 0.29) is 48.7 Å². The van der Waals surface area contributed by atoms with Gasteiger partial charge in [-0.3, -0.25) is 4.90 Å². The molecule has 7 rings (SSSR count). The number of aromatic nitrogens is 3. The molecule has 3 aromatic carbocycles. The Kier molecular flexibility index (Phi) is 10.6. The summed E-state index contributed by atoms with van der Waals surface area (Å²) in [5, 5.41) is 4.27. The molecule has 2 amide bonds. The molecule has 0 spiro atoms. The summed E-state index contributed by atoms with van der Waals surface area (Å²) in [6.45, 7) is 10.6. The van der Waals surface area contributed by atoms with Crippen molar-refractivity contribution >= 4 is 35.7 Å². The molecule has 0 bridgehead atoms. The van der Waals surface area contributed by atoms with Crippen molar-refractivity contribution in [2.24, 2.45) is 0 Å². The lowest BCUT2D eigenvalue weighted by atomic mass is 9.94. The normalized spacial score (nSPS) is 22.9. The van der Waals surface area contributed by atoms with Gasteiger partial charge in [-0.05, 0) is 74.9 Å². The second-order valence-electron chi connectivity index (χ2n) is 13.8. The standard InChI is InChI=1S/C38H45F2N7O4S/c1-4-35(52)34-20-46(37(48)47(34)26(2)3)30-8-6-28(7-9-30)43-15-17-44(18-16-43)29-10-12-31(13-11-29)49-21-36-50-23-38(51-36,22-45-25-41-24-42-45)32-14-5-27(39)19-33(32)40/h5-14,19,24-26,34-36,52H,4,15-18,20-23H2,1-3H3/t34?,35?,36-,38+/m0/s1. The molecule has 276 valence electrons. The highest BCUT2D eigenvalue weighted by Gasteiger charge is 2.46. The Morgan fingerprint density at radius 1 is 0.962 bits per heavy atom. The van der Waals surface area contributed by atoms with Gasteiger partial charge in [0.05, 0.1) is 19.2 Å². The highest BCUT2D eigenvalue weighted by atomic mass is 32.1. The monoisotopic (exact) mass is 733 g/mol. The molecule has 14 heteroatoms. The zero-order valence-corrected chi connectivity index (χ0v) is 30.5. The SMILES string of the molecule is CCC(S)C1CN(c2ccc(N3CCN(c4ccc(OC[C@H]5OC[C@](Cn6cncn6)(c6ccc(F)cc6F)O5)cc4)CC3)cc2)C(=O)N1C(C)C. The van der Waals surface area contributed by atoms with Crippen molar-refractivity contribution in [3.63, 3.8) is 0 Å². The number of hydrogen-bond donors (Lipinski definition) is 1. The number of thiol groups is 1. The molecule has 0 saturated carbocycles. The van der Waals surface area contributed by atoms with Crippen LogP contribution < -0.4 is 19.4 Å². The van der Waals surface area contributed by atoms with Crippen LogP contribution in [0, 0.1) is 11.6 Å². The summed E-state index contributed by atoms with van der Waals surface area (Å²) in [7, 11) is 0. The fourth-order valence-corrected chi connectivity index (χ4v) is 7.63. The summed E-state index contributed by atoms with van der Waals surface area (Å²) in [6, 6.07) is 19.9. The van der Waals surface area contributed by atoms with Gasteiger partial charge >= 0.3 is 6.03 Å². The van der Waals surface area contributed by atoms with Gasteiger partial charge in [-0.2, -0.15) is 17.7 Å². The Hall–Kier alpha value is -4.40. The van der Waals surface area contributed by atoms with Crippen molar-refractivity contribution in [3.05, 3.63) is 96.6 Å². The molecule has 0 aliphatic carbocycles. The molecule has 3 aliphatic heterocycles. The molecule has 3 fully saturated rings. The predicted molar refractivity (Wildman–Crippen MR) is 198 cm³/mol. The average molecular weight is 734 g/mol. The Morgan fingerprint density at radius 2 is 1.62 bits per heavy atom. The van der Waals surface area contributed by atoms with Gasteiger partial charge < -0.3 is 28.9 Å². The van der Waals surface area contributed by atoms with Gasteiger partial charge in [0.25, 0.3) is 0 Å². The molecule has 4 atom stereocenters. The average Bonchev–Trinajstić information content (AvgIpc) is 3.90. The molecule has 11 nitrogen and oxygen atoms in total. The number of ether oxygens (including phenoxy) is 3. The van der Waals surface area contributed by atoms with E-state index in [0.717, 1.165) is 55.7 Å². The molecule has 0 radical (unpaired) electrons. The van der Waals surface area contributed by atoms with E-state index in [1.165, 1.54) is 29.5 Å². The maximum atomic E-state index is 14.9. The Balaban J connectivity index is 0.915. The molecule has 3 aliphatic rings. The van der Waals surface area contributed by atoms with Gasteiger partial charge in [-0.1, -0.05) is 13.0 Å². The van der Waals surface area contributed by atoms with Crippen LogP contribution in [0.4, 0.5) is 30.6 Å². The number of hydrogen-bond acceptors (Lipinski definition) is 9. The summed E-state index contributed by atoms with van der Waals surface area (Å²) >= 11 is 4.79. The summed E-state index contributed by atoms with van der Waals surface area (Å²) in [6.07, 6.45) is 3.02. The highest BCUT2D eigenvalue weighted by molar-refractivity contribution is 7.81. The Labute approximate surface area is 308 Å². The first-order valence-electron chi connectivity index (χ1n) is 17.8. The van der Waals surface area contributed by atoms with Gasteiger partial charge in [-0.15, -0.1) is 0 Å². The lowest BCUT2D eigenvalue weighted by Crippen LogP contribution is -2.46. The Bertz CT molecular complexity index is 1810. The molecule has 3 saturated heterocycles. The van der Waals surface area contributed by atoms with Crippen molar-refractivity contribution in [2.75, 3.05) is 60.6 Å². The van der Waals surface area contributed by atoms with E-state index in [1.54, 1.807) is 0 Å². The van der Waals surface area contributed by atoms with Gasteiger partial charge in [0, 0.05) is 72.7 Å². The predicted octanol–water partition coefficient (Wildman–Crippen LogP) is 5.96. The van der Waals surface area contributed by atoms with Gasteiger partial charge in [-0.25, -0.2) is 23.2 Å². The number of rotatable bonds is 12. The van der Waals surface area contributed by atoms with Crippen LogP contribution in [-0.2, 0) is 21.6 Å². The summed E-state index contributed by atoms with van der Waals surface area (Å²) < 4.78 is 48.3. The van der Waals surface area contributed by atoms with E-state index < -0.39 is 23.5 Å². The number of piperazine rings is 1. The van der Waals surface area contributed by atoms with Gasteiger partial charge in [0.1, 0.15) is 42.2 Å². The lowest BCUT2D eigenvalue weighted by molar-refractivity contribution is -0.117. The highest BCUT2D eigenvalue weighted by Crippen LogP contribution is 2.38. The quantitative estimate of drug-likeness (QED) is 0.179. The number of benzene rings is 3. The first-order valence-corrected chi connectivity index (χ1v) is 18.3. The molecule has 1 aromatic heterocycles. The molecule has 0 N–H and O–H groups in total. The fourth-order valence-electron chi connectivity index (χ4n) is 7.39. The van der Waals surface area contributed by atoms with Crippen molar-refractivity contribution in [1.29, 1.82) is 0 Å². The van der Waals surface area contributed by atoms with Crippen molar-refractivity contribution in [3.8, 4) is 5.75 Å². The fraction of sp³-hybridized carbons (Fsp3) is 0.447. The maximum Gasteiger partial charge on any atom is 0.325 e. The summed E-state index contributed by atoms with van der Waals surface area (Å²) in [5.74, 6) is -0.744. The van der Waals surface area contributed by atoms with Crippen molar-refractivity contribution in [2.45, 2.75) is 63.0 Å². The number of anilines is 3. The minimum absolute atomic E-state index is 0.0317. The minimum atomic E-state index is -1.23. The lowest BCUT2D eigenvalue weighted by Gasteiger charge is -2.37. The number of amides is 2. The van der Waals surface area contributed by atoms with Crippen LogP contribution >= 0.6 is 12.6 Å². The van der Waals surface area contributed by atoms with E-state index >= 15 is 0 Å². The smallest absolute Gasteiger partial charge is 0.325 e. The second-order valence-corrected chi connectivity index (χ2v) is 14.5. The van der Waals surface area contributed by atoms with Crippen LogP contribution in [0.15, 0.2) is 79.4 Å². The first kappa shape index (κ1) is 36.0. The summed E-state index contributed by atoms with van der Waals surface area (Å²) in [5.41, 5.74) is 2.10. The second kappa shape index (κ2) is 15.3. The third-order valence-corrected chi connectivity index (χ3v) is 10.9. The van der Waals surface area contributed by atoms with Crippen LogP contribution in [0.2, 0.25) is 0 Å².